The molecule has 0 aromatic rings. The molecule has 0 bridgehead atoms. The lowest BCUT2D eigenvalue weighted by Gasteiger charge is -2.51. The Morgan fingerprint density at radius 3 is 2.32 bits per heavy atom. The highest BCUT2D eigenvalue weighted by atomic mass is 16.4. The summed E-state index contributed by atoms with van der Waals surface area (Å²) in [6, 6.07) is 0. The summed E-state index contributed by atoms with van der Waals surface area (Å²) in [6.45, 7) is 9.94. The fourth-order valence-electron chi connectivity index (χ4n) is 2.85. The van der Waals surface area contributed by atoms with Crippen molar-refractivity contribution in [2.45, 2.75) is 41.5 Å². The van der Waals surface area contributed by atoms with E-state index in [1.807, 2.05) is 0 Å². The van der Waals surface area contributed by atoms with Crippen molar-refractivity contribution < 1.29 is 19.5 Å². The summed E-state index contributed by atoms with van der Waals surface area (Å²) < 4.78 is 0. The molecule has 1 rings (SSSR count). The third-order valence-electron chi connectivity index (χ3n) is 5.28. The zero-order valence-electron chi connectivity index (χ0n) is 12.4. The number of hydrogen-bond donors (Lipinski definition) is 0. The summed E-state index contributed by atoms with van der Waals surface area (Å²) >= 11 is 0. The summed E-state index contributed by atoms with van der Waals surface area (Å²) in [7, 11) is 0. The topological polar surface area (TPSA) is 74.3 Å². The number of carboxylic acids is 1. The first kappa shape index (κ1) is 15.6. The summed E-state index contributed by atoms with van der Waals surface area (Å²) in [5, 5.41) is 11.2. The summed E-state index contributed by atoms with van der Waals surface area (Å²) in [4.78, 5) is 35.7. The van der Waals surface area contributed by atoms with Crippen LogP contribution in [-0.4, -0.2) is 17.5 Å². The van der Waals surface area contributed by atoms with Gasteiger partial charge in [0, 0.05) is 23.2 Å². The Kier molecular flexibility index (Phi) is 3.76. The number of aliphatic carboxylic acids is 1. The molecular formula is C15H21O4-. The zero-order valence-corrected chi connectivity index (χ0v) is 12.4. The van der Waals surface area contributed by atoms with Crippen LogP contribution >= 0.6 is 0 Å². The average molecular weight is 265 g/mol. The van der Waals surface area contributed by atoms with Gasteiger partial charge in [0.1, 0.15) is 0 Å². The van der Waals surface area contributed by atoms with E-state index in [9.17, 15) is 19.5 Å². The smallest absolute Gasteiger partial charge is 0.163 e. The molecule has 106 valence electrons. The Hall–Kier alpha value is -1.45. The van der Waals surface area contributed by atoms with Crippen LogP contribution in [0.1, 0.15) is 41.5 Å². The fraction of sp³-hybridized carbons (Fsp3) is 0.667. The van der Waals surface area contributed by atoms with E-state index in [0.717, 1.165) is 0 Å². The van der Waals surface area contributed by atoms with Crippen LogP contribution in [0.3, 0.4) is 0 Å². The van der Waals surface area contributed by atoms with Crippen molar-refractivity contribution >= 4 is 17.5 Å². The molecule has 0 fully saturated rings. The van der Waals surface area contributed by atoms with Crippen molar-refractivity contribution in [2.24, 2.45) is 22.7 Å². The van der Waals surface area contributed by atoms with Gasteiger partial charge >= 0.3 is 0 Å². The summed E-state index contributed by atoms with van der Waals surface area (Å²) in [6.07, 6.45) is 1.34. The monoisotopic (exact) mass is 265 g/mol. The molecule has 3 unspecified atom stereocenters. The number of ketones is 2. The lowest BCUT2D eigenvalue weighted by atomic mass is 9.51. The minimum absolute atomic E-state index is 0.0966. The standard InChI is InChI=1S/C15H22O4/c1-8-7-11(16)15(6,9(2)12(8)17)14(4,5)10(3)13(18)19/h7,9-10H,1-6H3,(H,18,19)/p-1. The van der Waals surface area contributed by atoms with Crippen LogP contribution in [0.25, 0.3) is 0 Å². The molecule has 0 aliphatic heterocycles. The second kappa shape index (κ2) is 4.58. The van der Waals surface area contributed by atoms with Gasteiger partial charge < -0.3 is 9.90 Å². The molecule has 0 saturated carbocycles. The molecule has 0 saturated heterocycles. The first-order chi connectivity index (χ1) is 8.47. The van der Waals surface area contributed by atoms with Gasteiger partial charge in [0.2, 0.25) is 0 Å². The Morgan fingerprint density at radius 1 is 1.42 bits per heavy atom. The molecule has 0 heterocycles. The summed E-state index contributed by atoms with van der Waals surface area (Å²) in [5.41, 5.74) is -1.48. The van der Waals surface area contributed by atoms with Gasteiger partial charge in [-0.3, -0.25) is 9.59 Å². The lowest BCUT2D eigenvalue weighted by molar-refractivity contribution is -0.316. The minimum Gasteiger partial charge on any atom is -0.550 e. The predicted molar refractivity (Wildman–Crippen MR) is 69.0 cm³/mol. The number of carbonyl (C=O) groups excluding carboxylic acids is 3. The maximum absolute atomic E-state index is 12.4. The number of allylic oxidation sites excluding steroid dienone is 2. The molecular weight excluding hydrogens is 244 g/mol. The normalized spacial score (nSPS) is 30.0. The van der Waals surface area contributed by atoms with Crippen LogP contribution in [0.2, 0.25) is 0 Å². The van der Waals surface area contributed by atoms with Crippen molar-refractivity contribution in [3.05, 3.63) is 11.6 Å². The third-order valence-corrected chi connectivity index (χ3v) is 5.28. The van der Waals surface area contributed by atoms with Gasteiger partial charge in [-0.15, -0.1) is 0 Å². The van der Waals surface area contributed by atoms with Gasteiger partial charge in [0.25, 0.3) is 0 Å². The first-order valence-corrected chi connectivity index (χ1v) is 6.45. The van der Waals surface area contributed by atoms with Gasteiger partial charge in [-0.25, -0.2) is 0 Å². The van der Waals surface area contributed by atoms with E-state index >= 15 is 0 Å². The summed E-state index contributed by atoms with van der Waals surface area (Å²) in [5.74, 6) is -2.86. The molecule has 1 aliphatic rings. The lowest BCUT2D eigenvalue weighted by Crippen LogP contribution is -2.56. The highest BCUT2D eigenvalue weighted by Crippen LogP contribution is 2.52. The predicted octanol–water partition coefficient (Wildman–Crippen LogP) is 1.14. The molecule has 0 aromatic carbocycles. The van der Waals surface area contributed by atoms with Crippen molar-refractivity contribution in [1.82, 2.24) is 0 Å². The second-order valence-corrected chi connectivity index (χ2v) is 6.24. The molecule has 0 radical (unpaired) electrons. The van der Waals surface area contributed by atoms with E-state index in [1.54, 1.807) is 34.6 Å². The first-order valence-electron chi connectivity index (χ1n) is 6.45. The van der Waals surface area contributed by atoms with Crippen LogP contribution in [0, 0.1) is 22.7 Å². The number of carbonyl (C=O) groups is 3. The van der Waals surface area contributed by atoms with Crippen LogP contribution < -0.4 is 5.11 Å². The molecule has 1 aliphatic carbocycles. The van der Waals surface area contributed by atoms with E-state index in [2.05, 4.69) is 0 Å². The molecule has 0 spiro atoms. The van der Waals surface area contributed by atoms with Crippen molar-refractivity contribution in [2.75, 3.05) is 0 Å². The number of Topliss-reactive ketones (excluding diaryl/α,β-unsaturated/α-hetero) is 1. The molecule has 0 N–H and O–H groups in total. The molecule has 19 heavy (non-hydrogen) atoms. The van der Waals surface area contributed by atoms with Crippen LogP contribution in [-0.2, 0) is 14.4 Å². The molecule has 3 atom stereocenters. The Balaban J connectivity index is 3.41. The SMILES string of the molecule is CC1=CC(=O)C(C)(C(C)(C)C(C)C(=O)[O-])C(C)C1=O. The minimum atomic E-state index is -1.20. The van der Waals surface area contributed by atoms with Gasteiger partial charge in [0.05, 0.1) is 0 Å². The number of hydrogen-bond acceptors (Lipinski definition) is 4. The maximum atomic E-state index is 12.4. The van der Waals surface area contributed by atoms with Crippen molar-refractivity contribution in [3.63, 3.8) is 0 Å². The van der Waals surface area contributed by atoms with Crippen LogP contribution in [0.4, 0.5) is 0 Å². The second-order valence-electron chi connectivity index (χ2n) is 6.24. The van der Waals surface area contributed by atoms with E-state index < -0.39 is 28.6 Å². The van der Waals surface area contributed by atoms with Crippen molar-refractivity contribution in [3.8, 4) is 0 Å². The molecule has 0 amide bonds. The number of carboxylic acid groups (broad SMARTS) is 1. The Bertz CT molecular complexity index is 473. The maximum Gasteiger partial charge on any atom is 0.163 e. The Morgan fingerprint density at radius 2 is 1.89 bits per heavy atom. The van der Waals surface area contributed by atoms with Crippen LogP contribution in [0.5, 0.6) is 0 Å². The van der Waals surface area contributed by atoms with Crippen molar-refractivity contribution in [1.29, 1.82) is 0 Å². The average Bonchev–Trinajstić information content (AvgIpc) is 2.32. The Labute approximate surface area is 113 Å². The molecule has 4 nitrogen and oxygen atoms in total. The van der Waals surface area contributed by atoms with E-state index in [-0.39, 0.29) is 11.6 Å². The highest BCUT2D eigenvalue weighted by molar-refractivity contribution is 6.12. The van der Waals surface area contributed by atoms with Gasteiger partial charge in [-0.2, -0.15) is 0 Å². The zero-order chi connectivity index (χ0) is 15.2. The molecule has 4 heteroatoms. The van der Waals surface area contributed by atoms with Gasteiger partial charge in [-0.05, 0) is 24.0 Å². The highest BCUT2D eigenvalue weighted by Gasteiger charge is 2.56. The van der Waals surface area contributed by atoms with Crippen LogP contribution in [0.15, 0.2) is 11.6 Å². The van der Waals surface area contributed by atoms with E-state index in [4.69, 9.17) is 0 Å². The van der Waals surface area contributed by atoms with E-state index in [0.29, 0.717) is 5.57 Å². The molecule has 0 aromatic heterocycles. The third kappa shape index (κ3) is 2.03. The van der Waals surface area contributed by atoms with Gasteiger partial charge in [0.15, 0.2) is 11.6 Å². The number of rotatable bonds is 3. The fourth-order valence-corrected chi connectivity index (χ4v) is 2.85. The quantitative estimate of drug-likeness (QED) is 0.767. The van der Waals surface area contributed by atoms with Gasteiger partial charge in [-0.1, -0.05) is 34.6 Å². The largest absolute Gasteiger partial charge is 0.550 e. The van der Waals surface area contributed by atoms with E-state index in [1.165, 1.54) is 13.0 Å².